The molecule has 49 heavy (non-hydrogen) atoms. The SMILES string of the molecule is CC[C@H]1OC(=O)[C@H](C)C(=O)[C@H](C)[C@@H](O[C@@H]2O[C@H](C)C[C@H](N(C)C)[C@H]2OC(=O)c2ccccc2)[C@](C)(OC)C[C@@H](C)C(=O)/C(C)=C/[C@]1(C)OO. The van der Waals surface area contributed by atoms with Crippen molar-refractivity contribution in [2.24, 2.45) is 17.8 Å². The number of Topliss-reactive ketones (excluding diaryl/α,β-unsaturated/α-hetero) is 2. The van der Waals surface area contributed by atoms with Gasteiger partial charge < -0.3 is 28.6 Å². The molecule has 0 spiro atoms. The molecule has 0 saturated carbocycles. The summed E-state index contributed by atoms with van der Waals surface area (Å²) >= 11 is 0. The zero-order valence-corrected chi connectivity index (χ0v) is 30.8. The number of ether oxygens (including phenoxy) is 5. The largest absolute Gasteiger partial charge is 0.458 e. The zero-order valence-electron chi connectivity index (χ0n) is 30.8. The first-order valence-corrected chi connectivity index (χ1v) is 17.0. The van der Waals surface area contributed by atoms with E-state index in [0.29, 0.717) is 12.0 Å². The van der Waals surface area contributed by atoms with Crippen molar-refractivity contribution in [2.45, 2.75) is 123 Å². The van der Waals surface area contributed by atoms with Crippen LogP contribution in [0.15, 0.2) is 42.0 Å². The molecule has 2 aliphatic heterocycles. The Morgan fingerprint density at radius 2 is 1.69 bits per heavy atom. The van der Waals surface area contributed by atoms with Gasteiger partial charge in [0.2, 0.25) is 0 Å². The van der Waals surface area contributed by atoms with Gasteiger partial charge in [-0.25, -0.2) is 9.68 Å². The number of hydrogen-bond donors (Lipinski definition) is 1. The van der Waals surface area contributed by atoms with Crippen LogP contribution in [0.1, 0.15) is 85.0 Å². The van der Waals surface area contributed by atoms with E-state index in [9.17, 15) is 24.4 Å². The van der Waals surface area contributed by atoms with Gasteiger partial charge in [-0.3, -0.25) is 19.6 Å². The van der Waals surface area contributed by atoms with Gasteiger partial charge >= 0.3 is 11.9 Å². The lowest BCUT2D eigenvalue weighted by atomic mass is 9.77. The summed E-state index contributed by atoms with van der Waals surface area (Å²) in [7, 11) is 5.22. The molecule has 11 atom stereocenters. The number of hydrogen-bond acceptors (Lipinski definition) is 12. The quantitative estimate of drug-likeness (QED) is 0.169. The normalized spacial score (nSPS) is 37.9. The monoisotopic (exact) mass is 689 g/mol. The smallest absolute Gasteiger partial charge is 0.338 e. The highest BCUT2D eigenvalue weighted by Gasteiger charge is 2.51. The first-order valence-electron chi connectivity index (χ1n) is 17.0. The van der Waals surface area contributed by atoms with Crippen LogP contribution in [-0.2, 0) is 43.0 Å². The summed E-state index contributed by atoms with van der Waals surface area (Å²) < 4.78 is 31.1. The summed E-state index contributed by atoms with van der Waals surface area (Å²) in [4.78, 5) is 61.5. The topological polar surface area (TPSA) is 147 Å². The van der Waals surface area contributed by atoms with Crippen molar-refractivity contribution in [3.8, 4) is 0 Å². The Morgan fingerprint density at radius 3 is 2.24 bits per heavy atom. The number of benzene rings is 1. The van der Waals surface area contributed by atoms with Crippen LogP contribution in [0.5, 0.6) is 0 Å². The lowest BCUT2D eigenvalue weighted by Gasteiger charge is -2.47. The fourth-order valence-corrected chi connectivity index (χ4v) is 7.06. The van der Waals surface area contributed by atoms with E-state index in [-0.39, 0.29) is 36.3 Å². The van der Waals surface area contributed by atoms with Gasteiger partial charge in [-0.1, -0.05) is 39.0 Å². The van der Waals surface area contributed by atoms with Crippen molar-refractivity contribution in [1.29, 1.82) is 0 Å². The number of carbonyl (C=O) groups excluding carboxylic acids is 4. The molecule has 12 heteroatoms. The lowest BCUT2D eigenvalue weighted by molar-refractivity contribution is -0.324. The summed E-state index contributed by atoms with van der Waals surface area (Å²) in [6.07, 6.45) is -2.13. The average molecular weight is 690 g/mol. The summed E-state index contributed by atoms with van der Waals surface area (Å²) in [6.45, 7) is 13.3. The maximum Gasteiger partial charge on any atom is 0.338 e. The molecular weight excluding hydrogens is 634 g/mol. The maximum absolute atomic E-state index is 14.2. The molecular formula is C37H55NO11. The van der Waals surface area contributed by atoms with E-state index >= 15 is 0 Å². The Morgan fingerprint density at radius 1 is 1.06 bits per heavy atom. The Kier molecular flexibility index (Phi) is 13.9. The van der Waals surface area contributed by atoms with Crippen LogP contribution in [0.2, 0.25) is 0 Å². The fraction of sp³-hybridized carbons (Fsp3) is 0.676. The number of allylic oxidation sites excluding steroid dienone is 1. The van der Waals surface area contributed by atoms with Crippen LogP contribution in [0.25, 0.3) is 0 Å². The van der Waals surface area contributed by atoms with Crippen LogP contribution in [0.3, 0.4) is 0 Å². The third-order valence-corrected chi connectivity index (χ3v) is 10.1. The number of carbonyl (C=O) groups is 4. The molecule has 274 valence electrons. The predicted molar refractivity (Wildman–Crippen MR) is 181 cm³/mol. The van der Waals surface area contributed by atoms with Gasteiger partial charge in [0.15, 0.2) is 29.6 Å². The molecule has 1 aromatic carbocycles. The van der Waals surface area contributed by atoms with Gasteiger partial charge in [0, 0.05) is 18.9 Å². The molecule has 0 bridgehead atoms. The van der Waals surface area contributed by atoms with Crippen LogP contribution in [-0.4, -0.2) is 103 Å². The van der Waals surface area contributed by atoms with Crippen LogP contribution in [0.4, 0.5) is 0 Å². The highest BCUT2D eigenvalue weighted by atomic mass is 17.1. The van der Waals surface area contributed by atoms with E-state index in [0.717, 1.165) is 0 Å². The van der Waals surface area contributed by atoms with Gasteiger partial charge in [-0.15, -0.1) is 0 Å². The molecule has 2 aliphatic rings. The minimum atomic E-state index is -1.55. The molecule has 0 unspecified atom stereocenters. The standard InChI is InChI=1S/C37H55NO11/c1-12-28-36(7,49-43)19-21(2)29(39)22(3)20-37(8,44-11)32(24(5)30(40)25(6)33(41)46-28)48-35-31(27(38(9)10)18-23(4)45-35)47-34(42)26-16-14-13-15-17-26/h13-17,19,22-25,27-28,31-32,35,43H,12,18,20H2,1-11H3/b21-19+/t22-,23-,24+,25-,27+,28-,31-,32-,35+,36+,37-/m1/s1. The van der Waals surface area contributed by atoms with E-state index < -0.39 is 71.3 Å². The van der Waals surface area contributed by atoms with Crippen molar-refractivity contribution >= 4 is 23.5 Å². The molecule has 2 heterocycles. The molecule has 1 aromatic rings. The van der Waals surface area contributed by atoms with Crippen LogP contribution in [0, 0.1) is 17.8 Å². The van der Waals surface area contributed by atoms with Crippen molar-refractivity contribution < 1.29 is 53.0 Å². The number of rotatable bonds is 8. The average Bonchev–Trinajstić information content (AvgIpc) is 3.08. The first-order chi connectivity index (χ1) is 22.9. The van der Waals surface area contributed by atoms with Gasteiger partial charge in [0.05, 0.1) is 29.4 Å². The van der Waals surface area contributed by atoms with Crippen molar-refractivity contribution in [3.05, 3.63) is 47.5 Å². The third-order valence-electron chi connectivity index (χ3n) is 10.1. The Labute approximate surface area is 290 Å². The van der Waals surface area contributed by atoms with Gasteiger partial charge in [-0.05, 0) is 91.8 Å². The number of ketones is 2. The molecule has 0 aliphatic carbocycles. The van der Waals surface area contributed by atoms with Crippen molar-refractivity contribution in [2.75, 3.05) is 21.2 Å². The minimum absolute atomic E-state index is 0.108. The molecule has 0 aromatic heterocycles. The first kappa shape index (κ1) is 40.4. The fourth-order valence-electron chi connectivity index (χ4n) is 7.06. The number of methoxy groups -OCH3 is 1. The summed E-state index contributed by atoms with van der Waals surface area (Å²) in [5.41, 5.74) is -2.19. The van der Waals surface area contributed by atoms with E-state index in [1.165, 1.54) is 27.0 Å². The minimum Gasteiger partial charge on any atom is -0.458 e. The number of esters is 2. The summed E-state index contributed by atoms with van der Waals surface area (Å²) in [6, 6.07) is 8.29. The van der Waals surface area contributed by atoms with Crippen molar-refractivity contribution in [3.63, 3.8) is 0 Å². The highest BCUT2D eigenvalue weighted by molar-refractivity contribution is 6.00. The van der Waals surface area contributed by atoms with Gasteiger partial charge in [0.1, 0.15) is 12.0 Å². The van der Waals surface area contributed by atoms with Gasteiger partial charge in [0.25, 0.3) is 0 Å². The molecule has 12 nitrogen and oxygen atoms in total. The van der Waals surface area contributed by atoms with E-state index in [4.69, 9.17) is 28.6 Å². The second-order valence-corrected chi connectivity index (χ2v) is 14.2. The molecule has 1 N–H and O–H groups in total. The lowest BCUT2D eigenvalue weighted by Crippen LogP contribution is -2.60. The Hall–Kier alpha value is -3.00. The number of nitrogens with zero attached hydrogens (tertiary/aromatic N) is 1. The second-order valence-electron chi connectivity index (χ2n) is 14.2. The summed E-state index contributed by atoms with van der Waals surface area (Å²) in [5.74, 6) is -5.01. The van der Waals surface area contributed by atoms with Crippen LogP contribution < -0.4 is 0 Å². The van der Waals surface area contributed by atoms with E-state index in [1.807, 2.05) is 25.9 Å². The molecule has 1 fully saturated rings. The molecule has 0 amide bonds. The van der Waals surface area contributed by atoms with E-state index in [2.05, 4.69) is 0 Å². The van der Waals surface area contributed by atoms with Crippen molar-refractivity contribution in [1.82, 2.24) is 4.90 Å². The number of cyclic esters (lactones) is 1. The van der Waals surface area contributed by atoms with E-state index in [1.54, 1.807) is 65.0 Å². The summed E-state index contributed by atoms with van der Waals surface area (Å²) in [5, 5.41) is 9.90. The molecule has 0 radical (unpaired) electrons. The highest BCUT2D eigenvalue weighted by Crippen LogP contribution is 2.38. The van der Waals surface area contributed by atoms with Crippen LogP contribution >= 0.6 is 0 Å². The Bertz CT molecular complexity index is 1350. The zero-order chi connectivity index (χ0) is 36.8. The predicted octanol–water partition coefficient (Wildman–Crippen LogP) is 5.03. The Balaban J connectivity index is 2.13. The molecule has 3 rings (SSSR count). The second kappa shape index (κ2) is 16.8. The maximum atomic E-state index is 14.2. The number of likely N-dealkylation sites (N-methyl/N-ethyl adjacent to an activating group) is 1. The van der Waals surface area contributed by atoms with Gasteiger partial charge in [-0.2, -0.15) is 0 Å². The molecule has 1 saturated heterocycles. The third kappa shape index (κ3) is 9.22.